The van der Waals surface area contributed by atoms with Crippen LogP contribution in [0.4, 0.5) is 0 Å². The second kappa shape index (κ2) is 45.3. The number of allylic oxidation sites excluding steroid dienone is 12. The number of hydrogen-bond donors (Lipinski definition) is 1. The predicted octanol–water partition coefficient (Wildman–Crippen LogP) is 13.9. The standard InChI is InChI=1S/C54H93NO8/c1-6-8-10-12-14-16-18-20-22-24-26-28-30-32-34-36-38-40-42-44-51(56)61-48-50(49-62-54(53(58)59)60-47-46-55(3,4)5)63-52(57)45-43-41-39-37-35-33-31-29-27-25-23-21-19-17-15-13-11-9-7-2/h9,11,15,17,20-23,27,29,33,35,50,54H,6-8,10,12-14,16,18-19,24-26,28,30-32,34,36-49H2,1-5H3/p+1/b11-9-,17-15-,22-20-,23-21-,29-27-,35-33-. The summed E-state index contributed by atoms with van der Waals surface area (Å²) in [5, 5.41) is 9.66. The van der Waals surface area contributed by atoms with Crippen molar-refractivity contribution in [1.29, 1.82) is 0 Å². The Morgan fingerprint density at radius 2 is 0.905 bits per heavy atom. The number of carboxylic acid groups (broad SMARTS) is 1. The van der Waals surface area contributed by atoms with Crippen molar-refractivity contribution in [1.82, 2.24) is 0 Å². The van der Waals surface area contributed by atoms with Crippen molar-refractivity contribution in [2.75, 3.05) is 47.5 Å². The van der Waals surface area contributed by atoms with Crippen molar-refractivity contribution in [3.63, 3.8) is 0 Å². The molecule has 9 heteroatoms. The summed E-state index contributed by atoms with van der Waals surface area (Å²) in [5.41, 5.74) is 0. The fourth-order valence-electron chi connectivity index (χ4n) is 6.56. The second-order valence-electron chi connectivity index (χ2n) is 17.7. The molecule has 0 aliphatic rings. The molecule has 0 aliphatic carbocycles. The van der Waals surface area contributed by atoms with E-state index in [1.807, 2.05) is 21.1 Å². The van der Waals surface area contributed by atoms with Gasteiger partial charge in [0.2, 0.25) is 0 Å². The highest BCUT2D eigenvalue weighted by Gasteiger charge is 2.25. The number of nitrogens with zero attached hydrogens (tertiary/aromatic N) is 1. The van der Waals surface area contributed by atoms with E-state index in [2.05, 4.69) is 86.8 Å². The topological polar surface area (TPSA) is 108 Å². The Labute approximate surface area is 386 Å². The van der Waals surface area contributed by atoms with E-state index in [0.717, 1.165) is 70.6 Å². The van der Waals surface area contributed by atoms with E-state index in [1.165, 1.54) is 89.9 Å². The fraction of sp³-hybridized carbons (Fsp3) is 0.722. The van der Waals surface area contributed by atoms with Gasteiger partial charge in [-0.2, -0.15) is 0 Å². The monoisotopic (exact) mass is 885 g/mol. The molecule has 1 N–H and O–H groups in total. The fourth-order valence-corrected chi connectivity index (χ4v) is 6.56. The predicted molar refractivity (Wildman–Crippen MR) is 263 cm³/mol. The summed E-state index contributed by atoms with van der Waals surface area (Å²) >= 11 is 0. The maximum Gasteiger partial charge on any atom is 0.361 e. The Bertz CT molecular complexity index is 1260. The first kappa shape index (κ1) is 59.7. The van der Waals surface area contributed by atoms with Crippen molar-refractivity contribution in [2.24, 2.45) is 0 Å². The molecule has 0 fully saturated rings. The van der Waals surface area contributed by atoms with Gasteiger partial charge in [-0.25, -0.2) is 4.79 Å². The van der Waals surface area contributed by atoms with Crippen LogP contribution >= 0.6 is 0 Å². The number of aliphatic carboxylic acids is 1. The van der Waals surface area contributed by atoms with Gasteiger partial charge in [0.05, 0.1) is 34.4 Å². The highest BCUT2D eigenvalue weighted by atomic mass is 16.7. The first-order chi connectivity index (χ1) is 30.6. The molecule has 2 atom stereocenters. The van der Waals surface area contributed by atoms with Crippen molar-refractivity contribution in [3.05, 3.63) is 72.9 Å². The Morgan fingerprint density at radius 3 is 1.38 bits per heavy atom. The molecule has 0 heterocycles. The molecule has 0 spiro atoms. The number of quaternary nitrogens is 1. The summed E-state index contributed by atoms with van der Waals surface area (Å²) in [6.45, 7) is 4.71. The molecule has 0 aromatic heterocycles. The van der Waals surface area contributed by atoms with Gasteiger partial charge >= 0.3 is 17.9 Å². The molecule has 0 aromatic rings. The third kappa shape index (κ3) is 46.5. The van der Waals surface area contributed by atoms with Crippen LogP contribution in [0.5, 0.6) is 0 Å². The van der Waals surface area contributed by atoms with Crippen LogP contribution in [0.1, 0.15) is 194 Å². The molecule has 0 aromatic carbocycles. The zero-order valence-electron chi connectivity index (χ0n) is 41.0. The molecular formula is C54H94NO8+. The molecule has 0 rings (SSSR count). The smallest absolute Gasteiger partial charge is 0.361 e. The van der Waals surface area contributed by atoms with Gasteiger partial charge in [-0.15, -0.1) is 0 Å². The summed E-state index contributed by atoms with van der Waals surface area (Å²) in [6.07, 6.45) is 53.9. The zero-order chi connectivity index (χ0) is 46.3. The number of likely N-dealkylation sites (N-methyl/N-ethyl adjacent to an activating group) is 1. The maximum absolute atomic E-state index is 12.8. The van der Waals surface area contributed by atoms with Gasteiger partial charge < -0.3 is 28.5 Å². The van der Waals surface area contributed by atoms with Gasteiger partial charge in [0.25, 0.3) is 6.29 Å². The normalized spacial score (nSPS) is 13.5. The van der Waals surface area contributed by atoms with Crippen molar-refractivity contribution in [2.45, 2.75) is 206 Å². The third-order valence-electron chi connectivity index (χ3n) is 10.4. The summed E-state index contributed by atoms with van der Waals surface area (Å²) in [5.74, 6) is -2.06. The van der Waals surface area contributed by atoms with Gasteiger partial charge in [-0.05, 0) is 83.5 Å². The quantitative estimate of drug-likeness (QED) is 0.0212. The highest BCUT2D eigenvalue weighted by Crippen LogP contribution is 2.14. The van der Waals surface area contributed by atoms with E-state index < -0.39 is 24.3 Å². The van der Waals surface area contributed by atoms with E-state index in [1.54, 1.807) is 0 Å². The zero-order valence-corrected chi connectivity index (χ0v) is 41.0. The van der Waals surface area contributed by atoms with Crippen LogP contribution in [0.3, 0.4) is 0 Å². The number of carbonyl (C=O) groups is 3. The maximum atomic E-state index is 12.8. The number of esters is 2. The van der Waals surface area contributed by atoms with Gasteiger partial charge in [-0.1, -0.05) is 170 Å². The van der Waals surface area contributed by atoms with Crippen LogP contribution in [0, 0.1) is 0 Å². The number of rotatable bonds is 45. The molecule has 0 bridgehead atoms. The number of unbranched alkanes of at least 4 members (excludes halogenated alkanes) is 18. The lowest BCUT2D eigenvalue weighted by molar-refractivity contribution is -0.870. The van der Waals surface area contributed by atoms with Crippen LogP contribution in [0.2, 0.25) is 0 Å². The molecule has 0 amide bonds. The minimum atomic E-state index is -1.52. The van der Waals surface area contributed by atoms with Crippen molar-refractivity contribution in [3.8, 4) is 0 Å². The Hall–Kier alpha value is -3.27. The molecule has 9 nitrogen and oxygen atoms in total. The lowest BCUT2D eigenvalue weighted by Crippen LogP contribution is -2.40. The number of hydrogen-bond acceptors (Lipinski definition) is 7. The minimum absolute atomic E-state index is 0.177. The lowest BCUT2D eigenvalue weighted by Gasteiger charge is -2.25. The average Bonchev–Trinajstić information content (AvgIpc) is 3.24. The summed E-state index contributed by atoms with van der Waals surface area (Å²) in [7, 11) is 5.94. The summed E-state index contributed by atoms with van der Waals surface area (Å²) < 4.78 is 22.8. The Morgan fingerprint density at radius 1 is 0.492 bits per heavy atom. The minimum Gasteiger partial charge on any atom is -0.477 e. The largest absolute Gasteiger partial charge is 0.477 e. The average molecular weight is 885 g/mol. The Kier molecular flexibility index (Phi) is 43.0. The first-order valence-corrected chi connectivity index (χ1v) is 25.1. The summed E-state index contributed by atoms with van der Waals surface area (Å²) in [6, 6.07) is 0. The molecule has 0 aliphatic heterocycles. The molecule has 2 unspecified atom stereocenters. The highest BCUT2D eigenvalue weighted by molar-refractivity contribution is 5.71. The SMILES string of the molecule is CC/C=C\C/C=C\C/C=C\C/C=C\C/C=C\CCCCCC(=O)OC(COC(=O)CCCCCCCCCCC/C=C\CCCCCCCC)COC(OCC[N+](C)(C)C)C(=O)O. The number of ether oxygens (including phenoxy) is 4. The number of carbonyl (C=O) groups excluding carboxylic acids is 2. The van der Waals surface area contributed by atoms with Crippen LogP contribution in [0.25, 0.3) is 0 Å². The van der Waals surface area contributed by atoms with Gasteiger partial charge in [0.15, 0.2) is 6.10 Å². The molecular weight excluding hydrogens is 791 g/mol. The van der Waals surface area contributed by atoms with Crippen molar-refractivity contribution < 1.29 is 42.9 Å². The number of carboxylic acids is 1. The van der Waals surface area contributed by atoms with Gasteiger partial charge in [-0.3, -0.25) is 9.59 Å². The molecule has 0 saturated heterocycles. The van der Waals surface area contributed by atoms with E-state index in [-0.39, 0.29) is 38.6 Å². The van der Waals surface area contributed by atoms with Crippen LogP contribution in [-0.2, 0) is 33.3 Å². The van der Waals surface area contributed by atoms with E-state index in [0.29, 0.717) is 17.4 Å². The summed E-state index contributed by atoms with van der Waals surface area (Å²) in [4.78, 5) is 37.2. The third-order valence-corrected chi connectivity index (χ3v) is 10.4. The molecule has 0 radical (unpaired) electrons. The van der Waals surface area contributed by atoms with Gasteiger partial charge in [0, 0.05) is 12.8 Å². The second-order valence-corrected chi connectivity index (χ2v) is 17.7. The van der Waals surface area contributed by atoms with Crippen LogP contribution < -0.4 is 0 Å². The van der Waals surface area contributed by atoms with E-state index >= 15 is 0 Å². The van der Waals surface area contributed by atoms with Crippen LogP contribution in [0.15, 0.2) is 72.9 Å². The van der Waals surface area contributed by atoms with E-state index in [4.69, 9.17) is 18.9 Å². The molecule has 362 valence electrons. The van der Waals surface area contributed by atoms with Gasteiger partial charge in [0.1, 0.15) is 13.2 Å². The van der Waals surface area contributed by atoms with E-state index in [9.17, 15) is 19.5 Å². The lowest BCUT2D eigenvalue weighted by atomic mass is 10.1. The van der Waals surface area contributed by atoms with Crippen LogP contribution in [-0.4, -0.2) is 87.4 Å². The molecule has 63 heavy (non-hydrogen) atoms. The van der Waals surface area contributed by atoms with Crippen molar-refractivity contribution >= 4 is 17.9 Å². The molecule has 0 saturated carbocycles. The first-order valence-electron chi connectivity index (χ1n) is 25.1. The Balaban J connectivity index is 4.43.